The van der Waals surface area contributed by atoms with Gasteiger partial charge in [0, 0.05) is 30.4 Å². The second-order valence-electron chi connectivity index (χ2n) is 6.78. The summed E-state index contributed by atoms with van der Waals surface area (Å²) in [4.78, 5) is 37.5. The maximum atomic E-state index is 12.7. The molecular formula is C20H21N3O4. The molecule has 0 saturated carbocycles. The fraction of sp³-hybridized carbons (Fsp3) is 0.300. The Morgan fingerprint density at radius 3 is 2.52 bits per heavy atom. The van der Waals surface area contributed by atoms with Crippen molar-refractivity contribution in [3.63, 3.8) is 0 Å². The molecule has 140 valence electrons. The van der Waals surface area contributed by atoms with Crippen LogP contribution in [0.4, 0.5) is 11.4 Å². The Labute approximate surface area is 157 Å². The van der Waals surface area contributed by atoms with E-state index < -0.39 is 10.8 Å². The lowest BCUT2D eigenvalue weighted by atomic mass is 9.98. The monoisotopic (exact) mass is 367 g/mol. The number of hydrogen-bond acceptors (Lipinski definition) is 4. The highest BCUT2D eigenvalue weighted by Crippen LogP contribution is 2.22. The number of likely N-dealkylation sites (tertiary alicyclic amines) is 1. The third-order valence-corrected chi connectivity index (χ3v) is 4.78. The Morgan fingerprint density at radius 1 is 1.11 bits per heavy atom. The van der Waals surface area contributed by atoms with Crippen LogP contribution in [0.25, 0.3) is 0 Å². The predicted molar refractivity (Wildman–Crippen MR) is 102 cm³/mol. The first kappa shape index (κ1) is 18.6. The minimum atomic E-state index is -0.591. The van der Waals surface area contributed by atoms with Gasteiger partial charge in [-0.05, 0) is 43.0 Å². The molecule has 1 N–H and O–H groups in total. The number of amides is 2. The molecule has 0 aliphatic carbocycles. The van der Waals surface area contributed by atoms with E-state index in [-0.39, 0.29) is 17.2 Å². The summed E-state index contributed by atoms with van der Waals surface area (Å²) in [5.41, 5.74) is 0.633. The van der Waals surface area contributed by atoms with Crippen LogP contribution in [0.1, 0.15) is 40.5 Å². The molecule has 1 aliphatic heterocycles. The summed E-state index contributed by atoms with van der Waals surface area (Å²) in [6, 6.07) is 12.4. The van der Waals surface area contributed by atoms with Gasteiger partial charge in [0.25, 0.3) is 17.5 Å². The van der Waals surface area contributed by atoms with Crippen LogP contribution in [0.15, 0.2) is 48.5 Å². The van der Waals surface area contributed by atoms with Gasteiger partial charge in [0.1, 0.15) is 5.56 Å². The molecule has 1 saturated heterocycles. The van der Waals surface area contributed by atoms with Crippen LogP contribution >= 0.6 is 0 Å². The number of carbonyl (C=O) groups is 2. The SMILES string of the molecule is CC1CCN(C(=O)c2cccc(NC(=O)c3ccccc3[N+](=O)[O-])c2)CC1. The van der Waals surface area contributed by atoms with Crippen molar-refractivity contribution in [3.05, 3.63) is 69.8 Å². The molecule has 1 heterocycles. The van der Waals surface area contributed by atoms with Gasteiger partial charge in [-0.15, -0.1) is 0 Å². The summed E-state index contributed by atoms with van der Waals surface area (Å²) < 4.78 is 0. The Balaban J connectivity index is 1.75. The largest absolute Gasteiger partial charge is 0.339 e. The predicted octanol–water partition coefficient (Wildman–Crippen LogP) is 3.72. The van der Waals surface area contributed by atoms with Crippen LogP contribution in [0.3, 0.4) is 0 Å². The minimum Gasteiger partial charge on any atom is -0.339 e. The van der Waals surface area contributed by atoms with E-state index in [1.54, 1.807) is 30.3 Å². The number of carbonyl (C=O) groups excluding carboxylic acids is 2. The van der Waals surface area contributed by atoms with Gasteiger partial charge >= 0.3 is 0 Å². The fourth-order valence-electron chi connectivity index (χ4n) is 3.15. The quantitative estimate of drug-likeness (QED) is 0.658. The van der Waals surface area contributed by atoms with E-state index >= 15 is 0 Å². The van der Waals surface area contributed by atoms with Crippen LogP contribution in [-0.2, 0) is 0 Å². The highest BCUT2D eigenvalue weighted by atomic mass is 16.6. The van der Waals surface area contributed by atoms with Crippen molar-refractivity contribution in [1.82, 2.24) is 4.90 Å². The highest BCUT2D eigenvalue weighted by molar-refractivity contribution is 6.07. The number of piperidine rings is 1. The Morgan fingerprint density at radius 2 is 1.81 bits per heavy atom. The van der Waals surface area contributed by atoms with Gasteiger partial charge in [-0.3, -0.25) is 19.7 Å². The lowest BCUT2D eigenvalue weighted by Crippen LogP contribution is -2.37. The van der Waals surface area contributed by atoms with Gasteiger partial charge in [-0.1, -0.05) is 25.1 Å². The van der Waals surface area contributed by atoms with Gasteiger partial charge in [0.15, 0.2) is 0 Å². The molecule has 7 heteroatoms. The van der Waals surface area contributed by atoms with E-state index in [1.807, 2.05) is 4.90 Å². The van der Waals surface area contributed by atoms with Crippen LogP contribution in [0, 0.1) is 16.0 Å². The summed E-state index contributed by atoms with van der Waals surface area (Å²) in [5.74, 6) is -0.0243. The molecule has 0 spiro atoms. The van der Waals surface area contributed by atoms with E-state index in [2.05, 4.69) is 12.2 Å². The van der Waals surface area contributed by atoms with Crippen LogP contribution in [0.5, 0.6) is 0 Å². The number of rotatable bonds is 4. The molecule has 27 heavy (non-hydrogen) atoms. The van der Waals surface area contributed by atoms with Crippen molar-refractivity contribution >= 4 is 23.2 Å². The van der Waals surface area contributed by atoms with E-state index in [0.717, 1.165) is 25.9 Å². The Bertz CT molecular complexity index is 873. The second-order valence-corrected chi connectivity index (χ2v) is 6.78. The lowest BCUT2D eigenvalue weighted by molar-refractivity contribution is -0.385. The van der Waals surface area contributed by atoms with Crippen molar-refractivity contribution < 1.29 is 14.5 Å². The number of hydrogen-bond donors (Lipinski definition) is 1. The maximum absolute atomic E-state index is 12.7. The standard InChI is InChI=1S/C20H21N3O4/c1-14-9-11-22(12-10-14)20(25)15-5-4-6-16(13-15)21-19(24)17-7-2-3-8-18(17)23(26)27/h2-8,13-14H,9-12H2,1H3,(H,21,24). The molecule has 0 unspecified atom stereocenters. The summed E-state index contributed by atoms with van der Waals surface area (Å²) in [6.45, 7) is 3.64. The minimum absolute atomic E-state index is 0.0238. The first-order chi connectivity index (χ1) is 13.0. The van der Waals surface area contributed by atoms with Crippen molar-refractivity contribution in [2.75, 3.05) is 18.4 Å². The zero-order valence-electron chi connectivity index (χ0n) is 15.1. The van der Waals surface area contributed by atoms with Gasteiger partial charge in [0.2, 0.25) is 0 Å². The number of nitrogens with one attached hydrogen (secondary N) is 1. The molecule has 0 bridgehead atoms. The van der Waals surface area contributed by atoms with E-state index in [4.69, 9.17) is 0 Å². The van der Waals surface area contributed by atoms with Gasteiger partial charge in [-0.2, -0.15) is 0 Å². The molecule has 1 fully saturated rings. The molecule has 7 nitrogen and oxygen atoms in total. The summed E-state index contributed by atoms with van der Waals surface area (Å²) in [6.07, 6.45) is 1.97. The van der Waals surface area contributed by atoms with E-state index in [0.29, 0.717) is 17.2 Å². The maximum Gasteiger partial charge on any atom is 0.282 e. The van der Waals surface area contributed by atoms with Gasteiger partial charge < -0.3 is 10.2 Å². The van der Waals surface area contributed by atoms with Crippen molar-refractivity contribution in [1.29, 1.82) is 0 Å². The Hall–Kier alpha value is -3.22. The highest BCUT2D eigenvalue weighted by Gasteiger charge is 2.22. The summed E-state index contributed by atoms with van der Waals surface area (Å²) in [5, 5.41) is 13.7. The zero-order valence-corrected chi connectivity index (χ0v) is 15.1. The molecule has 0 radical (unpaired) electrons. The van der Waals surface area contributed by atoms with Gasteiger partial charge in [0.05, 0.1) is 4.92 Å². The first-order valence-electron chi connectivity index (χ1n) is 8.90. The third-order valence-electron chi connectivity index (χ3n) is 4.78. The van der Waals surface area contributed by atoms with E-state index in [9.17, 15) is 19.7 Å². The van der Waals surface area contributed by atoms with Crippen molar-refractivity contribution in [2.24, 2.45) is 5.92 Å². The zero-order chi connectivity index (χ0) is 19.4. The second kappa shape index (κ2) is 7.99. The average molecular weight is 367 g/mol. The number of nitro groups is 1. The Kier molecular flexibility index (Phi) is 5.49. The number of para-hydroxylation sites is 1. The summed E-state index contributed by atoms with van der Waals surface area (Å²) in [7, 11) is 0. The normalized spacial score (nSPS) is 14.6. The smallest absolute Gasteiger partial charge is 0.282 e. The van der Waals surface area contributed by atoms with E-state index in [1.165, 1.54) is 18.2 Å². The molecule has 3 rings (SSSR count). The first-order valence-corrected chi connectivity index (χ1v) is 8.90. The molecule has 0 atom stereocenters. The summed E-state index contributed by atoms with van der Waals surface area (Å²) >= 11 is 0. The molecular weight excluding hydrogens is 346 g/mol. The van der Waals surface area contributed by atoms with Crippen molar-refractivity contribution in [3.8, 4) is 0 Å². The number of nitro benzene ring substituents is 1. The average Bonchev–Trinajstić information content (AvgIpc) is 2.68. The van der Waals surface area contributed by atoms with Crippen molar-refractivity contribution in [2.45, 2.75) is 19.8 Å². The number of benzene rings is 2. The van der Waals surface area contributed by atoms with Gasteiger partial charge in [-0.25, -0.2) is 0 Å². The molecule has 2 aromatic carbocycles. The van der Waals surface area contributed by atoms with Crippen LogP contribution in [-0.4, -0.2) is 34.7 Å². The van der Waals surface area contributed by atoms with Crippen LogP contribution in [0.2, 0.25) is 0 Å². The third kappa shape index (κ3) is 4.31. The fourth-order valence-corrected chi connectivity index (χ4v) is 3.15. The number of nitrogens with zero attached hydrogens (tertiary/aromatic N) is 2. The van der Waals surface area contributed by atoms with Crippen LogP contribution < -0.4 is 5.32 Å². The molecule has 1 aliphatic rings. The molecule has 2 amide bonds. The number of anilines is 1. The molecule has 0 aromatic heterocycles. The molecule has 2 aromatic rings. The lowest BCUT2D eigenvalue weighted by Gasteiger charge is -2.30. The topological polar surface area (TPSA) is 92.6 Å².